The molecule has 1 amide bonds. The smallest absolute Gasteiger partial charge is 0.253 e. The molecule has 0 atom stereocenters. The summed E-state index contributed by atoms with van der Waals surface area (Å²) in [5.74, 6) is 0.0448. The number of carbonyl (C=O) groups excluding carboxylic acids is 1. The van der Waals surface area contributed by atoms with E-state index in [4.69, 9.17) is 0 Å². The highest BCUT2D eigenvalue weighted by Gasteiger charge is 2.13. The summed E-state index contributed by atoms with van der Waals surface area (Å²) in [6.07, 6.45) is 2.30. The van der Waals surface area contributed by atoms with Gasteiger partial charge in [0, 0.05) is 31.4 Å². The van der Waals surface area contributed by atoms with Crippen molar-refractivity contribution >= 4 is 11.6 Å². The predicted molar refractivity (Wildman–Crippen MR) is 74.0 cm³/mol. The van der Waals surface area contributed by atoms with Crippen LogP contribution in [0, 0.1) is 0 Å². The zero-order valence-corrected chi connectivity index (χ0v) is 11.1. The van der Waals surface area contributed by atoms with Gasteiger partial charge in [-0.25, -0.2) is 0 Å². The molecule has 0 spiro atoms. The van der Waals surface area contributed by atoms with Gasteiger partial charge in [0.05, 0.1) is 0 Å². The molecule has 1 aromatic carbocycles. The Morgan fingerprint density at radius 1 is 1.22 bits per heavy atom. The molecule has 1 saturated heterocycles. The first-order chi connectivity index (χ1) is 8.66. The van der Waals surface area contributed by atoms with Crippen molar-refractivity contribution in [1.29, 1.82) is 0 Å². The number of rotatable bonds is 3. The molecule has 4 nitrogen and oxygen atoms in total. The van der Waals surface area contributed by atoms with Crippen molar-refractivity contribution in [3.05, 3.63) is 29.8 Å². The normalized spacial score (nSPS) is 16.3. The third kappa shape index (κ3) is 3.23. The molecule has 0 aliphatic carbocycles. The second kappa shape index (κ2) is 5.87. The molecule has 0 unspecified atom stereocenters. The SMILES string of the molecule is CN(C)C(=O)c1ccc(NC2CCNCC2)cc1. The van der Waals surface area contributed by atoms with Crippen molar-refractivity contribution in [2.75, 3.05) is 32.5 Å². The molecule has 1 fully saturated rings. The van der Waals surface area contributed by atoms with Crippen molar-refractivity contribution in [3.8, 4) is 0 Å². The Balaban J connectivity index is 1.96. The Morgan fingerprint density at radius 3 is 2.39 bits per heavy atom. The van der Waals surface area contributed by atoms with Crippen molar-refractivity contribution in [1.82, 2.24) is 10.2 Å². The Morgan fingerprint density at radius 2 is 1.83 bits per heavy atom. The second-order valence-corrected chi connectivity index (χ2v) is 4.95. The monoisotopic (exact) mass is 247 g/mol. The third-order valence-electron chi connectivity index (χ3n) is 3.25. The zero-order chi connectivity index (χ0) is 13.0. The summed E-state index contributed by atoms with van der Waals surface area (Å²) >= 11 is 0. The van der Waals surface area contributed by atoms with E-state index in [-0.39, 0.29) is 5.91 Å². The Hall–Kier alpha value is -1.55. The summed E-state index contributed by atoms with van der Waals surface area (Å²) < 4.78 is 0. The number of nitrogens with zero attached hydrogens (tertiary/aromatic N) is 1. The standard InChI is InChI=1S/C14H21N3O/c1-17(2)14(18)11-3-5-12(6-4-11)16-13-7-9-15-10-8-13/h3-6,13,15-16H,7-10H2,1-2H3. The van der Waals surface area contributed by atoms with Crippen LogP contribution >= 0.6 is 0 Å². The van der Waals surface area contributed by atoms with Crippen LogP contribution in [0.15, 0.2) is 24.3 Å². The van der Waals surface area contributed by atoms with Gasteiger partial charge in [0.2, 0.25) is 0 Å². The maximum absolute atomic E-state index is 11.7. The van der Waals surface area contributed by atoms with E-state index in [0.29, 0.717) is 6.04 Å². The van der Waals surface area contributed by atoms with Crippen LogP contribution in [0.3, 0.4) is 0 Å². The number of nitrogens with one attached hydrogen (secondary N) is 2. The molecule has 2 rings (SSSR count). The van der Waals surface area contributed by atoms with Crippen LogP contribution < -0.4 is 10.6 Å². The number of anilines is 1. The molecule has 0 radical (unpaired) electrons. The lowest BCUT2D eigenvalue weighted by Crippen LogP contribution is -2.35. The van der Waals surface area contributed by atoms with Crippen LogP contribution in [0.5, 0.6) is 0 Å². The summed E-state index contributed by atoms with van der Waals surface area (Å²) in [7, 11) is 3.53. The average Bonchev–Trinajstić information content (AvgIpc) is 2.40. The number of carbonyl (C=O) groups is 1. The van der Waals surface area contributed by atoms with E-state index in [9.17, 15) is 4.79 Å². The molecule has 98 valence electrons. The van der Waals surface area contributed by atoms with E-state index in [1.165, 1.54) is 0 Å². The molecule has 1 heterocycles. The van der Waals surface area contributed by atoms with E-state index in [0.717, 1.165) is 37.2 Å². The largest absolute Gasteiger partial charge is 0.382 e. The van der Waals surface area contributed by atoms with Crippen LogP contribution in [0.25, 0.3) is 0 Å². The summed E-state index contributed by atoms with van der Waals surface area (Å²) in [6.45, 7) is 2.16. The van der Waals surface area contributed by atoms with Crippen LogP contribution in [-0.2, 0) is 0 Å². The van der Waals surface area contributed by atoms with Gasteiger partial charge in [-0.3, -0.25) is 4.79 Å². The Bertz CT molecular complexity index is 394. The number of piperidine rings is 1. The molecule has 0 saturated carbocycles. The van der Waals surface area contributed by atoms with E-state index in [1.807, 2.05) is 24.3 Å². The van der Waals surface area contributed by atoms with Gasteiger partial charge in [-0.2, -0.15) is 0 Å². The molecule has 1 aromatic rings. The molecule has 0 bridgehead atoms. The molecule has 18 heavy (non-hydrogen) atoms. The molecule has 2 N–H and O–H groups in total. The highest BCUT2D eigenvalue weighted by atomic mass is 16.2. The number of benzene rings is 1. The van der Waals surface area contributed by atoms with Gasteiger partial charge in [0.1, 0.15) is 0 Å². The number of hydrogen-bond donors (Lipinski definition) is 2. The van der Waals surface area contributed by atoms with Gasteiger partial charge in [-0.1, -0.05) is 0 Å². The van der Waals surface area contributed by atoms with Crippen molar-refractivity contribution in [2.45, 2.75) is 18.9 Å². The summed E-state index contributed by atoms with van der Waals surface area (Å²) in [5, 5.41) is 6.86. The Labute approximate surface area is 108 Å². The highest BCUT2D eigenvalue weighted by molar-refractivity contribution is 5.94. The molecule has 1 aliphatic heterocycles. The summed E-state index contributed by atoms with van der Waals surface area (Å²) in [6, 6.07) is 8.27. The van der Waals surface area contributed by atoms with Crippen molar-refractivity contribution in [2.24, 2.45) is 0 Å². The van der Waals surface area contributed by atoms with Crippen LogP contribution in [-0.4, -0.2) is 44.0 Å². The maximum Gasteiger partial charge on any atom is 0.253 e. The first kappa shape index (κ1) is 12.9. The number of amides is 1. The minimum absolute atomic E-state index is 0.0448. The maximum atomic E-state index is 11.7. The van der Waals surface area contributed by atoms with Gasteiger partial charge in [-0.05, 0) is 50.2 Å². The lowest BCUT2D eigenvalue weighted by atomic mass is 10.1. The van der Waals surface area contributed by atoms with Crippen molar-refractivity contribution < 1.29 is 4.79 Å². The predicted octanol–water partition coefficient (Wildman–Crippen LogP) is 1.55. The molecule has 0 aromatic heterocycles. The number of hydrogen-bond acceptors (Lipinski definition) is 3. The second-order valence-electron chi connectivity index (χ2n) is 4.95. The lowest BCUT2D eigenvalue weighted by molar-refractivity contribution is 0.0827. The van der Waals surface area contributed by atoms with Crippen LogP contribution in [0.1, 0.15) is 23.2 Å². The van der Waals surface area contributed by atoms with Crippen molar-refractivity contribution in [3.63, 3.8) is 0 Å². The van der Waals surface area contributed by atoms with E-state index >= 15 is 0 Å². The van der Waals surface area contributed by atoms with Gasteiger partial charge in [0.25, 0.3) is 5.91 Å². The van der Waals surface area contributed by atoms with E-state index in [1.54, 1.807) is 19.0 Å². The quantitative estimate of drug-likeness (QED) is 0.852. The van der Waals surface area contributed by atoms with Crippen LogP contribution in [0.2, 0.25) is 0 Å². The summed E-state index contributed by atoms with van der Waals surface area (Å²) in [5.41, 5.74) is 1.83. The molecule has 1 aliphatic rings. The fourth-order valence-corrected chi connectivity index (χ4v) is 2.17. The molecule has 4 heteroatoms. The van der Waals surface area contributed by atoms with Gasteiger partial charge in [-0.15, -0.1) is 0 Å². The van der Waals surface area contributed by atoms with Crippen LogP contribution in [0.4, 0.5) is 5.69 Å². The fraction of sp³-hybridized carbons (Fsp3) is 0.500. The fourth-order valence-electron chi connectivity index (χ4n) is 2.17. The van der Waals surface area contributed by atoms with Gasteiger partial charge < -0.3 is 15.5 Å². The third-order valence-corrected chi connectivity index (χ3v) is 3.25. The highest BCUT2D eigenvalue weighted by Crippen LogP contribution is 2.15. The van der Waals surface area contributed by atoms with E-state index in [2.05, 4.69) is 10.6 Å². The average molecular weight is 247 g/mol. The topological polar surface area (TPSA) is 44.4 Å². The first-order valence-corrected chi connectivity index (χ1v) is 6.46. The molecular weight excluding hydrogens is 226 g/mol. The summed E-state index contributed by atoms with van der Waals surface area (Å²) in [4.78, 5) is 13.3. The van der Waals surface area contributed by atoms with E-state index < -0.39 is 0 Å². The molecular formula is C14H21N3O. The van der Waals surface area contributed by atoms with Gasteiger partial charge >= 0.3 is 0 Å². The minimum Gasteiger partial charge on any atom is -0.382 e. The lowest BCUT2D eigenvalue weighted by Gasteiger charge is -2.24. The van der Waals surface area contributed by atoms with Gasteiger partial charge in [0.15, 0.2) is 0 Å². The minimum atomic E-state index is 0.0448. The Kier molecular flexibility index (Phi) is 4.20. The zero-order valence-electron chi connectivity index (χ0n) is 11.1. The first-order valence-electron chi connectivity index (χ1n) is 6.46.